The Balaban J connectivity index is 1.31. The van der Waals surface area contributed by atoms with E-state index in [1.165, 1.54) is 19.3 Å². The molecule has 3 N–H and O–H groups in total. The van der Waals surface area contributed by atoms with E-state index in [1.54, 1.807) is 6.92 Å². The second-order valence-corrected chi connectivity index (χ2v) is 14.6. The topological polar surface area (TPSA) is 100 Å². The maximum absolute atomic E-state index is 14.0. The first-order chi connectivity index (χ1) is 19.1. The molecule has 2 bridgehead atoms. The summed E-state index contributed by atoms with van der Waals surface area (Å²) in [6.45, 7) is 9.07. The number of amides is 1. The molecule has 6 unspecified atom stereocenters. The number of hydrogen-bond donors (Lipinski definition) is 3. The fourth-order valence-corrected chi connectivity index (χ4v) is 9.88. The van der Waals surface area contributed by atoms with E-state index in [2.05, 4.69) is 26.1 Å². The van der Waals surface area contributed by atoms with E-state index in [0.29, 0.717) is 47.7 Å². The van der Waals surface area contributed by atoms with E-state index in [-0.39, 0.29) is 30.6 Å². The van der Waals surface area contributed by atoms with Crippen LogP contribution in [0.15, 0.2) is 0 Å². The van der Waals surface area contributed by atoms with Crippen molar-refractivity contribution in [2.75, 3.05) is 27.4 Å². The van der Waals surface area contributed by atoms with Crippen molar-refractivity contribution >= 4 is 5.91 Å². The highest BCUT2D eigenvalue weighted by Crippen LogP contribution is 2.61. The van der Waals surface area contributed by atoms with Gasteiger partial charge in [0, 0.05) is 38.6 Å². The lowest BCUT2D eigenvalue weighted by atomic mass is 9.45. The SMILES string of the molecule is COC1CCCC(C2CCCC(CN3O[C@@H](CO)[C@H](C(C)O)[C@H]3C(=O)N[C@H]3C[C@H]4C[C@@H]([C@@H]3C)C4(C)C)C2OC)C1. The van der Waals surface area contributed by atoms with Gasteiger partial charge in [-0.05, 0) is 86.9 Å². The molecule has 0 aromatic carbocycles. The average Bonchev–Trinajstić information content (AvgIpc) is 3.32. The first-order valence-electron chi connectivity index (χ1n) is 16.2. The lowest BCUT2D eigenvalue weighted by molar-refractivity contribution is -0.193. The van der Waals surface area contributed by atoms with Crippen molar-refractivity contribution in [3.05, 3.63) is 0 Å². The Morgan fingerprint density at radius 3 is 2.48 bits per heavy atom. The van der Waals surface area contributed by atoms with Crippen molar-refractivity contribution in [3.8, 4) is 0 Å². The Bertz CT molecular complexity index is 868. The van der Waals surface area contributed by atoms with Crippen LogP contribution >= 0.6 is 0 Å². The van der Waals surface area contributed by atoms with Gasteiger partial charge in [-0.1, -0.05) is 33.6 Å². The fraction of sp³-hybridized carbons (Fsp3) is 0.969. The van der Waals surface area contributed by atoms with Gasteiger partial charge in [0.2, 0.25) is 5.91 Å². The van der Waals surface area contributed by atoms with Gasteiger partial charge in [-0.2, -0.15) is 5.06 Å². The molecule has 8 nitrogen and oxygen atoms in total. The lowest BCUT2D eigenvalue weighted by Crippen LogP contribution is -2.62. The number of fused-ring (bicyclic) bond motifs is 2. The number of ether oxygens (including phenoxy) is 2. The molecule has 40 heavy (non-hydrogen) atoms. The van der Waals surface area contributed by atoms with Crippen LogP contribution in [0.4, 0.5) is 0 Å². The van der Waals surface area contributed by atoms with Crippen LogP contribution in [-0.4, -0.2) is 85.1 Å². The third-order valence-corrected chi connectivity index (χ3v) is 12.4. The van der Waals surface area contributed by atoms with Crippen molar-refractivity contribution < 1.29 is 29.3 Å². The van der Waals surface area contributed by atoms with E-state index < -0.39 is 24.2 Å². The van der Waals surface area contributed by atoms with Gasteiger partial charge in [0.05, 0.1) is 24.9 Å². The summed E-state index contributed by atoms with van der Waals surface area (Å²) < 4.78 is 12.0. The molecule has 1 aliphatic heterocycles. The number of nitrogens with zero attached hydrogens (tertiary/aromatic N) is 1. The average molecular weight is 565 g/mol. The molecule has 13 atom stereocenters. The molecule has 5 aliphatic carbocycles. The molecular formula is C32H56N2O6. The van der Waals surface area contributed by atoms with Crippen molar-refractivity contribution in [2.24, 2.45) is 46.8 Å². The van der Waals surface area contributed by atoms with E-state index in [4.69, 9.17) is 14.3 Å². The zero-order valence-electron chi connectivity index (χ0n) is 25.8. The Morgan fingerprint density at radius 1 is 1.10 bits per heavy atom. The predicted molar refractivity (Wildman–Crippen MR) is 153 cm³/mol. The fourth-order valence-electron chi connectivity index (χ4n) is 9.88. The molecule has 1 saturated heterocycles. The van der Waals surface area contributed by atoms with Crippen molar-refractivity contribution in [1.82, 2.24) is 10.4 Å². The molecule has 0 aromatic heterocycles. The van der Waals surface area contributed by atoms with E-state index in [9.17, 15) is 15.0 Å². The number of aliphatic hydroxyl groups excluding tert-OH is 2. The van der Waals surface area contributed by atoms with E-state index in [0.717, 1.165) is 38.5 Å². The van der Waals surface area contributed by atoms with Crippen LogP contribution in [0.25, 0.3) is 0 Å². The first-order valence-corrected chi connectivity index (χ1v) is 16.2. The molecule has 5 saturated carbocycles. The number of nitrogens with one attached hydrogen (secondary N) is 1. The van der Waals surface area contributed by atoms with Crippen LogP contribution in [0, 0.1) is 46.8 Å². The summed E-state index contributed by atoms with van der Waals surface area (Å²) in [4.78, 5) is 20.3. The zero-order chi connectivity index (χ0) is 28.8. The number of rotatable bonds is 9. The quantitative estimate of drug-likeness (QED) is 0.392. The standard InChI is InChI=1S/C32H56N2O6/c1-18-25-14-22(32(25,3)4)15-26(18)33-31(37)29-28(19(2)36)27(17-35)40-34(29)16-21-10-8-12-24(30(21)39-6)20-9-7-11-23(13-20)38-5/h18-30,35-36H,7-17H2,1-6H3,(H,33,37)/t18-,19?,20?,21?,22+,23?,24?,25-,26-,27-,28-,29-,30?/m0/s1. The Morgan fingerprint density at radius 2 is 1.85 bits per heavy atom. The van der Waals surface area contributed by atoms with E-state index >= 15 is 0 Å². The van der Waals surface area contributed by atoms with Gasteiger partial charge < -0.3 is 25.0 Å². The summed E-state index contributed by atoms with van der Waals surface area (Å²) in [5, 5.41) is 26.2. The number of methoxy groups -OCH3 is 2. The van der Waals surface area contributed by atoms with Gasteiger partial charge in [-0.25, -0.2) is 0 Å². The number of carbonyl (C=O) groups is 1. The molecule has 6 aliphatic rings. The number of hydroxylamine groups is 2. The van der Waals surface area contributed by atoms with Crippen molar-refractivity contribution in [3.63, 3.8) is 0 Å². The summed E-state index contributed by atoms with van der Waals surface area (Å²) in [5.74, 6) is 2.40. The second-order valence-electron chi connectivity index (χ2n) is 14.6. The minimum atomic E-state index is -0.778. The van der Waals surface area contributed by atoms with Gasteiger partial charge in [-0.15, -0.1) is 0 Å². The van der Waals surface area contributed by atoms with Gasteiger partial charge in [-0.3, -0.25) is 9.63 Å². The zero-order valence-corrected chi connectivity index (χ0v) is 25.8. The van der Waals surface area contributed by atoms with E-state index in [1.807, 2.05) is 19.3 Å². The largest absolute Gasteiger partial charge is 0.394 e. The number of hydrogen-bond acceptors (Lipinski definition) is 7. The third-order valence-electron chi connectivity index (χ3n) is 12.4. The summed E-state index contributed by atoms with van der Waals surface area (Å²) in [6.07, 6.45) is 9.27. The van der Waals surface area contributed by atoms with Crippen molar-refractivity contribution in [1.29, 1.82) is 0 Å². The molecule has 1 amide bonds. The van der Waals surface area contributed by atoms with Crippen molar-refractivity contribution in [2.45, 2.75) is 122 Å². The Labute approximate surface area is 241 Å². The van der Waals surface area contributed by atoms with Gasteiger partial charge in [0.1, 0.15) is 12.1 Å². The molecule has 6 rings (SSSR count). The summed E-state index contributed by atoms with van der Waals surface area (Å²) in [6, 6.07) is -0.499. The van der Waals surface area contributed by atoms with Gasteiger partial charge in [0.25, 0.3) is 0 Å². The lowest BCUT2D eigenvalue weighted by Gasteiger charge is -2.62. The Kier molecular flexibility index (Phi) is 9.55. The molecule has 0 aromatic rings. The molecule has 6 fully saturated rings. The Hall–Kier alpha value is -0.770. The highest BCUT2D eigenvalue weighted by Gasteiger charge is 2.57. The summed E-state index contributed by atoms with van der Waals surface area (Å²) in [5.41, 5.74) is 0.349. The molecule has 0 spiro atoms. The van der Waals surface area contributed by atoms with Crippen LogP contribution in [0.1, 0.15) is 85.5 Å². The molecule has 230 valence electrons. The predicted octanol–water partition coefficient (Wildman–Crippen LogP) is 3.78. The van der Waals surface area contributed by atoms with Crippen LogP contribution in [0.3, 0.4) is 0 Å². The monoisotopic (exact) mass is 564 g/mol. The smallest absolute Gasteiger partial charge is 0.240 e. The minimum absolute atomic E-state index is 0.0747. The van der Waals surface area contributed by atoms with Crippen LogP contribution in [-0.2, 0) is 19.1 Å². The maximum atomic E-state index is 14.0. The third kappa shape index (κ3) is 5.62. The number of carbonyl (C=O) groups excluding carboxylic acids is 1. The molecular weight excluding hydrogens is 508 g/mol. The maximum Gasteiger partial charge on any atom is 0.240 e. The molecule has 1 heterocycles. The second kappa shape index (κ2) is 12.5. The van der Waals surface area contributed by atoms with Gasteiger partial charge >= 0.3 is 0 Å². The van der Waals surface area contributed by atoms with Crippen LogP contribution in [0.2, 0.25) is 0 Å². The normalized spacial score (nSPS) is 46.0. The van der Waals surface area contributed by atoms with Crippen LogP contribution in [0.5, 0.6) is 0 Å². The highest BCUT2D eigenvalue weighted by atomic mass is 16.7. The minimum Gasteiger partial charge on any atom is -0.394 e. The number of aliphatic hydroxyl groups is 2. The van der Waals surface area contributed by atoms with Crippen LogP contribution < -0.4 is 5.32 Å². The summed E-state index contributed by atoms with van der Waals surface area (Å²) >= 11 is 0. The highest BCUT2D eigenvalue weighted by molar-refractivity contribution is 5.82. The first kappa shape index (κ1) is 30.7. The van der Waals surface area contributed by atoms with Gasteiger partial charge in [0.15, 0.2) is 0 Å². The molecule has 8 heteroatoms. The summed E-state index contributed by atoms with van der Waals surface area (Å²) in [7, 11) is 3.66. The molecule has 0 radical (unpaired) electrons.